The number of piperidine rings is 1. The van der Waals surface area contributed by atoms with Gasteiger partial charge in [-0.05, 0) is 25.0 Å². The van der Waals surface area contributed by atoms with E-state index in [9.17, 15) is 9.59 Å². The normalized spacial score (nSPS) is 18.4. The van der Waals surface area contributed by atoms with Crippen LogP contribution in [0.2, 0.25) is 0 Å². The number of rotatable bonds is 2. The summed E-state index contributed by atoms with van der Waals surface area (Å²) >= 11 is 0. The molecule has 1 aromatic carbocycles. The van der Waals surface area contributed by atoms with Gasteiger partial charge in [0, 0.05) is 29.8 Å². The smallest absolute Gasteiger partial charge is 0.250 e. The van der Waals surface area contributed by atoms with Gasteiger partial charge >= 0.3 is 0 Å². The van der Waals surface area contributed by atoms with E-state index in [0.29, 0.717) is 12.1 Å². The predicted molar refractivity (Wildman–Crippen MR) is 98.3 cm³/mol. The number of carbonyl (C=O) groups excluding carboxylic acids is 2. The molecule has 2 amide bonds. The van der Waals surface area contributed by atoms with Gasteiger partial charge < -0.3 is 10.6 Å². The van der Waals surface area contributed by atoms with Crippen LogP contribution in [0.25, 0.3) is 10.9 Å². The Morgan fingerprint density at radius 3 is 2.64 bits per heavy atom. The fourth-order valence-corrected chi connectivity index (χ4v) is 3.50. The van der Waals surface area contributed by atoms with Crippen LogP contribution in [0.15, 0.2) is 30.3 Å². The Morgan fingerprint density at radius 2 is 1.96 bits per heavy atom. The molecule has 1 aliphatic rings. The summed E-state index contributed by atoms with van der Waals surface area (Å²) in [4.78, 5) is 31.3. The third-order valence-electron chi connectivity index (χ3n) is 4.76. The van der Waals surface area contributed by atoms with E-state index < -0.39 is 11.3 Å². The molecule has 2 heterocycles. The molecule has 25 heavy (non-hydrogen) atoms. The highest BCUT2D eigenvalue weighted by Gasteiger charge is 2.33. The van der Waals surface area contributed by atoms with E-state index in [1.165, 1.54) is 0 Å². The number of hydrogen-bond acceptors (Lipinski definition) is 3. The molecule has 0 spiro atoms. The highest BCUT2D eigenvalue weighted by molar-refractivity contribution is 5.97. The summed E-state index contributed by atoms with van der Waals surface area (Å²) in [7, 11) is 0. The van der Waals surface area contributed by atoms with Crippen molar-refractivity contribution in [3.63, 3.8) is 0 Å². The number of fused-ring (bicyclic) bond motifs is 1. The molecular formula is C20H25N3O2. The summed E-state index contributed by atoms with van der Waals surface area (Å²) in [5.74, 6) is -0.293. The van der Waals surface area contributed by atoms with Crippen molar-refractivity contribution in [2.45, 2.75) is 39.5 Å². The molecule has 2 aromatic rings. The van der Waals surface area contributed by atoms with Crippen molar-refractivity contribution in [2.24, 2.45) is 11.1 Å². The molecule has 1 fully saturated rings. The number of amides is 2. The van der Waals surface area contributed by atoms with Crippen molar-refractivity contribution in [3.05, 3.63) is 41.6 Å². The van der Waals surface area contributed by atoms with Crippen LogP contribution in [-0.2, 0) is 4.79 Å². The summed E-state index contributed by atoms with van der Waals surface area (Å²) in [6.07, 6.45) is 1.80. The number of primary amides is 1. The fraction of sp³-hybridized carbons (Fsp3) is 0.450. The number of pyridine rings is 1. The summed E-state index contributed by atoms with van der Waals surface area (Å²) in [5.41, 5.74) is 7.24. The molecule has 1 aromatic heterocycles. The molecule has 2 N–H and O–H groups in total. The zero-order valence-electron chi connectivity index (χ0n) is 15.1. The fourth-order valence-electron chi connectivity index (χ4n) is 3.50. The van der Waals surface area contributed by atoms with Gasteiger partial charge in [0.1, 0.15) is 0 Å². The third kappa shape index (κ3) is 3.50. The predicted octanol–water partition coefficient (Wildman–Crippen LogP) is 3.09. The second kappa shape index (κ2) is 6.47. The van der Waals surface area contributed by atoms with Gasteiger partial charge in [0.05, 0.1) is 16.8 Å². The van der Waals surface area contributed by atoms with Crippen molar-refractivity contribution in [3.8, 4) is 0 Å². The van der Waals surface area contributed by atoms with E-state index in [1.807, 2.05) is 56.0 Å². The van der Waals surface area contributed by atoms with Crippen LogP contribution < -0.4 is 5.73 Å². The first-order chi connectivity index (χ1) is 11.8. The van der Waals surface area contributed by atoms with Crippen molar-refractivity contribution in [2.75, 3.05) is 13.1 Å². The molecule has 1 saturated heterocycles. The van der Waals surface area contributed by atoms with Crippen molar-refractivity contribution < 1.29 is 9.59 Å². The Hall–Kier alpha value is -2.43. The minimum Gasteiger partial charge on any atom is -0.366 e. The van der Waals surface area contributed by atoms with Crippen molar-refractivity contribution >= 4 is 22.7 Å². The lowest BCUT2D eigenvalue weighted by molar-refractivity contribution is -0.140. The molecule has 0 aliphatic carbocycles. The summed E-state index contributed by atoms with van der Waals surface area (Å²) < 4.78 is 0. The summed E-state index contributed by atoms with van der Waals surface area (Å²) in [6, 6.07) is 9.53. The number of para-hydroxylation sites is 1. The van der Waals surface area contributed by atoms with Gasteiger partial charge in [0.15, 0.2) is 0 Å². The van der Waals surface area contributed by atoms with Crippen LogP contribution in [0.4, 0.5) is 0 Å². The quantitative estimate of drug-likeness (QED) is 0.913. The number of carbonyl (C=O) groups is 2. The topological polar surface area (TPSA) is 76.3 Å². The zero-order valence-corrected chi connectivity index (χ0v) is 15.1. The number of nitrogens with two attached hydrogens (primary N) is 1. The number of aromatic nitrogens is 1. The maximum Gasteiger partial charge on any atom is 0.250 e. The van der Waals surface area contributed by atoms with E-state index in [1.54, 1.807) is 0 Å². The lowest BCUT2D eigenvalue weighted by atomic mass is 9.88. The van der Waals surface area contributed by atoms with Gasteiger partial charge in [-0.1, -0.05) is 39.0 Å². The number of benzene rings is 1. The average molecular weight is 339 g/mol. The van der Waals surface area contributed by atoms with Crippen LogP contribution in [0.5, 0.6) is 0 Å². The minimum absolute atomic E-state index is 0.0344. The highest BCUT2D eigenvalue weighted by Crippen LogP contribution is 2.31. The molecule has 5 nitrogen and oxygen atoms in total. The molecule has 1 atom stereocenters. The van der Waals surface area contributed by atoms with E-state index in [2.05, 4.69) is 0 Å². The van der Waals surface area contributed by atoms with E-state index >= 15 is 0 Å². The monoisotopic (exact) mass is 339 g/mol. The largest absolute Gasteiger partial charge is 0.366 e. The van der Waals surface area contributed by atoms with Crippen LogP contribution >= 0.6 is 0 Å². The standard InChI is InChI=1S/C20H25N3O2/c1-20(2,3)19(25)23-10-6-8-14(12-23)17-15(18(21)24)11-13-7-4-5-9-16(13)22-17/h4-5,7,9,11,14H,6,8,10,12H2,1-3H3,(H2,21,24)/t14-/m0/s1. The Bertz CT molecular complexity index is 823. The first-order valence-electron chi connectivity index (χ1n) is 8.76. The molecule has 3 rings (SSSR count). The summed E-state index contributed by atoms with van der Waals surface area (Å²) in [5, 5.41) is 0.901. The molecule has 0 saturated carbocycles. The van der Waals surface area contributed by atoms with Gasteiger partial charge in [-0.3, -0.25) is 14.6 Å². The van der Waals surface area contributed by atoms with Crippen LogP contribution in [0.3, 0.4) is 0 Å². The Morgan fingerprint density at radius 1 is 1.24 bits per heavy atom. The van der Waals surface area contributed by atoms with Crippen LogP contribution in [-0.4, -0.2) is 34.8 Å². The maximum atomic E-state index is 12.6. The lowest BCUT2D eigenvalue weighted by Crippen LogP contribution is -2.45. The number of nitrogens with zero attached hydrogens (tertiary/aromatic N) is 2. The van der Waals surface area contributed by atoms with E-state index in [4.69, 9.17) is 10.7 Å². The first-order valence-corrected chi connectivity index (χ1v) is 8.76. The molecule has 0 bridgehead atoms. The Kier molecular flexibility index (Phi) is 4.50. The van der Waals surface area contributed by atoms with Gasteiger partial charge in [0.2, 0.25) is 5.91 Å². The van der Waals surface area contributed by atoms with Gasteiger partial charge in [-0.25, -0.2) is 0 Å². The highest BCUT2D eigenvalue weighted by atomic mass is 16.2. The van der Waals surface area contributed by atoms with Crippen LogP contribution in [0.1, 0.15) is 55.6 Å². The van der Waals surface area contributed by atoms with Crippen molar-refractivity contribution in [1.82, 2.24) is 9.88 Å². The SMILES string of the molecule is CC(C)(C)C(=O)N1CCC[C@H](c2nc3ccccc3cc2C(N)=O)C1. The van der Waals surface area contributed by atoms with Crippen molar-refractivity contribution in [1.29, 1.82) is 0 Å². The second-order valence-electron chi connectivity index (χ2n) is 7.82. The molecule has 0 radical (unpaired) electrons. The third-order valence-corrected chi connectivity index (χ3v) is 4.76. The average Bonchev–Trinajstić information content (AvgIpc) is 2.59. The minimum atomic E-state index is -0.465. The van der Waals surface area contributed by atoms with Gasteiger partial charge in [-0.2, -0.15) is 0 Å². The molecule has 132 valence electrons. The number of hydrogen-bond donors (Lipinski definition) is 1. The zero-order chi connectivity index (χ0) is 18.2. The molecule has 1 aliphatic heterocycles. The van der Waals surface area contributed by atoms with Crippen LogP contribution in [0, 0.1) is 5.41 Å². The van der Waals surface area contributed by atoms with E-state index in [0.717, 1.165) is 36.0 Å². The Labute approximate surface area is 148 Å². The Balaban J connectivity index is 1.98. The molecule has 0 unspecified atom stereocenters. The molecule has 5 heteroatoms. The second-order valence-corrected chi connectivity index (χ2v) is 7.82. The van der Waals surface area contributed by atoms with Gasteiger partial charge in [-0.15, -0.1) is 0 Å². The molecular weight excluding hydrogens is 314 g/mol. The first kappa shape index (κ1) is 17.4. The number of likely N-dealkylation sites (tertiary alicyclic amines) is 1. The van der Waals surface area contributed by atoms with Gasteiger partial charge in [0.25, 0.3) is 5.91 Å². The van der Waals surface area contributed by atoms with E-state index in [-0.39, 0.29) is 11.8 Å². The summed E-state index contributed by atoms with van der Waals surface area (Å²) in [6.45, 7) is 7.14. The lowest BCUT2D eigenvalue weighted by Gasteiger charge is -2.36. The maximum absolute atomic E-state index is 12.6.